The third kappa shape index (κ3) is 7.81. The molecule has 256 valence electrons. The van der Waals surface area contributed by atoms with Gasteiger partial charge in [-0.15, -0.1) is 0 Å². The summed E-state index contributed by atoms with van der Waals surface area (Å²) in [5, 5.41) is 9.74. The lowest BCUT2D eigenvalue weighted by Crippen LogP contribution is -2.39. The second-order valence-corrected chi connectivity index (χ2v) is 13.2. The highest BCUT2D eigenvalue weighted by molar-refractivity contribution is 7.92. The molecule has 1 aliphatic carbocycles. The van der Waals surface area contributed by atoms with Gasteiger partial charge in [-0.25, -0.2) is 32.2 Å². The summed E-state index contributed by atoms with van der Waals surface area (Å²) in [4.78, 5) is 52.7. The number of hydrazine groups is 1. The number of nitrogens with zero attached hydrogens (tertiary/aromatic N) is 3. The molecule has 49 heavy (non-hydrogen) atoms. The zero-order chi connectivity index (χ0) is 35.6. The molecule has 1 saturated carbocycles. The van der Waals surface area contributed by atoms with Crippen LogP contribution in [0.4, 0.5) is 14.5 Å². The minimum Gasteiger partial charge on any atom is -0.480 e. The van der Waals surface area contributed by atoms with E-state index in [1.807, 2.05) is 0 Å². The summed E-state index contributed by atoms with van der Waals surface area (Å²) in [6.07, 6.45) is 2.47. The van der Waals surface area contributed by atoms with Crippen molar-refractivity contribution in [3.63, 3.8) is 0 Å². The highest BCUT2D eigenvalue weighted by Gasteiger charge is 2.23. The Morgan fingerprint density at radius 3 is 2.18 bits per heavy atom. The number of carbonyl (C=O) groups excluding carboxylic acids is 1. The van der Waals surface area contributed by atoms with Crippen molar-refractivity contribution in [2.45, 2.75) is 43.2 Å². The summed E-state index contributed by atoms with van der Waals surface area (Å²) in [5.74, 6) is -4.20. The molecule has 0 unspecified atom stereocenters. The highest BCUT2D eigenvalue weighted by atomic mass is 32.2. The molecule has 1 aliphatic rings. The molecule has 1 fully saturated rings. The smallest absolute Gasteiger partial charge is 0.330 e. The van der Waals surface area contributed by atoms with Crippen molar-refractivity contribution in [1.82, 2.24) is 20.0 Å². The molecule has 5 rings (SSSR count). The molecule has 0 spiro atoms. The van der Waals surface area contributed by atoms with Gasteiger partial charge in [-0.3, -0.25) is 29.3 Å². The Bertz CT molecular complexity index is 2170. The van der Waals surface area contributed by atoms with Crippen molar-refractivity contribution in [2.75, 3.05) is 4.72 Å². The van der Waals surface area contributed by atoms with Crippen LogP contribution in [0.2, 0.25) is 0 Å². The number of hydrogen-bond acceptors (Lipinski definition) is 8. The van der Waals surface area contributed by atoms with Gasteiger partial charge in [0.25, 0.3) is 21.5 Å². The van der Waals surface area contributed by atoms with Crippen LogP contribution < -0.4 is 26.8 Å². The summed E-state index contributed by atoms with van der Waals surface area (Å²) in [6, 6.07) is 11.6. The van der Waals surface area contributed by atoms with E-state index in [1.54, 1.807) is 38.2 Å². The van der Waals surface area contributed by atoms with Crippen molar-refractivity contribution < 1.29 is 31.9 Å². The third-order valence-corrected chi connectivity index (χ3v) is 9.42. The number of carbonyl (C=O) groups is 2. The first kappa shape index (κ1) is 34.8. The van der Waals surface area contributed by atoms with Crippen LogP contribution >= 0.6 is 0 Å². The fourth-order valence-electron chi connectivity index (χ4n) is 4.91. The topological polar surface area (TPSA) is 181 Å². The van der Waals surface area contributed by atoms with Gasteiger partial charge in [0.2, 0.25) is 0 Å². The van der Waals surface area contributed by atoms with Gasteiger partial charge in [-0.2, -0.15) is 0 Å². The molecule has 16 heteroatoms. The second kappa shape index (κ2) is 13.9. The zero-order valence-corrected chi connectivity index (χ0v) is 27.3. The number of benzene rings is 3. The Balaban J connectivity index is 1.28. The van der Waals surface area contributed by atoms with Crippen LogP contribution in [0.25, 0.3) is 11.1 Å². The van der Waals surface area contributed by atoms with Gasteiger partial charge in [0.15, 0.2) is 6.04 Å². The number of nitrogens with one attached hydrogen (secondary N) is 3. The van der Waals surface area contributed by atoms with Crippen molar-refractivity contribution in [2.24, 2.45) is 19.1 Å². The number of aromatic nitrogens is 2. The number of aliphatic carboxylic acids is 1. The van der Waals surface area contributed by atoms with Gasteiger partial charge in [-0.1, -0.05) is 24.3 Å². The van der Waals surface area contributed by atoms with E-state index in [4.69, 9.17) is 0 Å². The molecule has 1 aromatic heterocycles. The average molecular weight is 695 g/mol. The molecule has 0 saturated heterocycles. The molecule has 1 heterocycles. The number of aliphatic imine (C=N–C) groups is 1. The molecular weight excluding hydrogens is 662 g/mol. The largest absolute Gasteiger partial charge is 0.480 e. The first-order valence-corrected chi connectivity index (χ1v) is 16.4. The van der Waals surface area contributed by atoms with E-state index in [-0.39, 0.29) is 22.9 Å². The zero-order valence-electron chi connectivity index (χ0n) is 26.5. The molecule has 3 aromatic carbocycles. The van der Waals surface area contributed by atoms with Gasteiger partial charge >= 0.3 is 11.7 Å². The maximum atomic E-state index is 15.0. The monoisotopic (exact) mass is 694 g/mol. The van der Waals surface area contributed by atoms with Crippen molar-refractivity contribution in [1.29, 1.82) is 0 Å². The number of rotatable bonds is 12. The van der Waals surface area contributed by atoms with Crippen LogP contribution in [0.15, 0.2) is 80.1 Å². The molecule has 13 nitrogen and oxygen atoms in total. The lowest BCUT2D eigenvalue weighted by atomic mass is 10.0. The SMILES string of the molecule is Cc1c(-c2ccc(C[C@H](N=Cc3c(F)cc(NS(=O)(=O)c4ccc(C(=O)NNC5CC5)cc4)cc3F)C(=O)O)cc2)c(=O)n(C)c(=O)n1C. The molecule has 0 aliphatic heterocycles. The van der Waals surface area contributed by atoms with Crippen molar-refractivity contribution in [3.05, 3.63) is 116 Å². The van der Waals surface area contributed by atoms with E-state index in [0.29, 0.717) is 22.4 Å². The van der Waals surface area contributed by atoms with E-state index in [9.17, 15) is 41.5 Å². The normalized spacial score (nSPS) is 13.7. The summed E-state index contributed by atoms with van der Waals surface area (Å²) in [6.45, 7) is 1.64. The maximum absolute atomic E-state index is 15.0. The van der Waals surface area contributed by atoms with E-state index in [1.165, 1.54) is 35.9 Å². The van der Waals surface area contributed by atoms with Crippen LogP contribution in [0, 0.1) is 18.6 Å². The van der Waals surface area contributed by atoms with Crippen LogP contribution in [0.5, 0.6) is 0 Å². The summed E-state index contributed by atoms with van der Waals surface area (Å²) < 4.78 is 60.1. The second-order valence-electron chi connectivity index (χ2n) is 11.6. The lowest BCUT2D eigenvalue weighted by Gasteiger charge is -2.13. The predicted molar refractivity (Wildman–Crippen MR) is 177 cm³/mol. The van der Waals surface area contributed by atoms with Crippen LogP contribution in [-0.4, -0.2) is 52.8 Å². The molecule has 1 amide bonds. The van der Waals surface area contributed by atoms with E-state index in [0.717, 1.165) is 35.8 Å². The van der Waals surface area contributed by atoms with Gasteiger partial charge in [-0.05, 0) is 67.3 Å². The van der Waals surface area contributed by atoms with Crippen LogP contribution in [0.1, 0.15) is 40.0 Å². The molecule has 4 aromatic rings. The minimum absolute atomic E-state index is 0.158. The Kier molecular flexibility index (Phi) is 9.91. The first-order chi connectivity index (χ1) is 23.2. The molecule has 1 atom stereocenters. The third-order valence-electron chi connectivity index (χ3n) is 8.02. The number of anilines is 1. The van der Waals surface area contributed by atoms with Gasteiger partial charge < -0.3 is 9.67 Å². The van der Waals surface area contributed by atoms with Gasteiger partial charge in [0.05, 0.1) is 21.7 Å². The Morgan fingerprint density at radius 1 is 1.00 bits per heavy atom. The Morgan fingerprint density at radius 2 is 1.61 bits per heavy atom. The van der Waals surface area contributed by atoms with E-state index < -0.39 is 62.1 Å². The lowest BCUT2D eigenvalue weighted by molar-refractivity contribution is -0.138. The number of amides is 1. The molecule has 0 radical (unpaired) electrons. The maximum Gasteiger partial charge on any atom is 0.330 e. The van der Waals surface area contributed by atoms with Crippen molar-refractivity contribution >= 4 is 33.8 Å². The fraction of sp³-hybridized carbons (Fsp3) is 0.242. The molecule has 4 N–H and O–H groups in total. The summed E-state index contributed by atoms with van der Waals surface area (Å²) in [7, 11) is -1.39. The standard InChI is InChI=1S/C33H32F2N6O7S/c1-18-29(31(43)41(3)33(46)40(18)2)20-6-4-19(5-7-20)14-28(32(44)45)36-17-25-26(34)15-23(16-27(25)35)39-49(47,48)24-12-8-21(9-13-24)30(42)38-37-22-10-11-22/h4-9,12-13,15-17,22,28,37,39H,10-11,14H2,1-3H3,(H,38,42)(H,44,45)/t28-/m0/s1. The minimum atomic E-state index is -4.30. The average Bonchev–Trinajstić information content (AvgIpc) is 3.90. The van der Waals surface area contributed by atoms with E-state index in [2.05, 4.69) is 20.6 Å². The predicted octanol–water partition coefficient (Wildman–Crippen LogP) is 2.65. The summed E-state index contributed by atoms with van der Waals surface area (Å²) >= 11 is 0. The van der Waals surface area contributed by atoms with Gasteiger partial charge in [0, 0.05) is 44.0 Å². The molecule has 0 bridgehead atoms. The van der Waals surface area contributed by atoms with Crippen molar-refractivity contribution in [3.8, 4) is 11.1 Å². The van der Waals surface area contributed by atoms with E-state index >= 15 is 0 Å². The first-order valence-electron chi connectivity index (χ1n) is 15.0. The quantitative estimate of drug-likeness (QED) is 0.129. The van der Waals surface area contributed by atoms with Crippen LogP contribution in [-0.2, 0) is 35.3 Å². The number of hydrogen-bond donors (Lipinski definition) is 4. The fourth-order valence-corrected chi connectivity index (χ4v) is 5.95. The Labute approximate surface area is 279 Å². The number of halogens is 2. The number of sulfonamides is 1. The van der Waals surface area contributed by atoms with Crippen LogP contribution in [0.3, 0.4) is 0 Å². The van der Waals surface area contributed by atoms with Gasteiger partial charge in [0.1, 0.15) is 11.6 Å². The summed E-state index contributed by atoms with van der Waals surface area (Å²) in [5.41, 5.74) is 5.27. The number of carboxylic acids is 1. The molecular formula is C33H32F2N6O7S. The Hall–Kier alpha value is -5.48. The number of carboxylic acid groups (broad SMARTS) is 1. The highest BCUT2D eigenvalue weighted by Crippen LogP contribution is 2.23.